The summed E-state index contributed by atoms with van der Waals surface area (Å²) < 4.78 is 14.7. The van der Waals surface area contributed by atoms with Gasteiger partial charge in [0.15, 0.2) is 0 Å². The summed E-state index contributed by atoms with van der Waals surface area (Å²) in [6.07, 6.45) is 5.75. The third kappa shape index (κ3) is 2.87. The van der Waals surface area contributed by atoms with Crippen molar-refractivity contribution < 1.29 is 9.18 Å². The molecule has 1 aromatic rings. The molecule has 0 aromatic heterocycles. The number of piperidine rings is 1. The molecule has 114 valence electrons. The monoisotopic (exact) mass is 353 g/mol. The molecule has 1 saturated carbocycles. The Bertz CT molecular complexity index is 548. The van der Waals surface area contributed by atoms with Crippen LogP contribution in [0.2, 0.25) is 0 Å². The van der Waals surface area contributed by atoms with Gasteiger partial charge in [-0.2, -0.15) is 0 Å². The average Bonchev–Trinajstić information content (AvgIpc) is 2.47. The molecule has 1 aliphatic heterocycles. The van der Waals surface area contributed by atoms with E-state index in [-0.39, 0.29) is 11.5 Å². The van der Waals surface area contributed by atoms with Crippen LogP contribution in [0.15, 0.2) is 22.7 Å². The zero-order valence-electron chi connectivity index (χ0n) is 12.3. The Hall–Kier alpha value is -0.900. The SMILES string of the molecule is C[C@H]1CCN(C(=O)c2ccc(Br)cc2F)[C@@H]2CCCC[C@@H]21. The number of carbonyl (C=O) groups excluding carboxylic acids is 1. The van der Waals surface area contributed by atoms with E-state index in [4.69, 9.17) is 0 Å². The van der Waals surface area contributed by atoms with Gasteiger partial charge >= 0.3 is 0 Å². The molecule has 3 rings (SSSR count). The maximum absolute atomic E-state index is 14.1. The van der Waals surface area contributed by atoms with Crippen molar-refractivity contribution in [2.45, 2.75) is 45.1 Å². The lowest BCUT2D eigenvalue weighted by atomic mass is 9.72. The van der Waals surface area contributed by atoms with Gasteiger partial charge in [0.2, 0.25) is 0 Å². The van der Waals surface area contributed by atoms with E-state index in [1.54, 1.807) is 12.1 Å². The molecular weight excluding hydrogens is 333 g/mol. The number of rotatable bonds is 1. The normalized spacial score (nSPS) is 29.1. The largest absolute Gasteiger partial charge is 0.335 e. The first-order chi connectivity index (χ1) is 10.1. The molecule has 1 heterocycles. The fourth-order valence-corrected chi connectivity index (χ4v) is 4.32. The van der Waals surface area contributed by atoms with E-state index in [2.05, 4.69) is 22.9 Å². The topological polar surface area (TPSA) is 20.3 Å². The molecule has 1 aromatic carbocycles. The predicted molar refractivity (Wildman–Crippen MR) is 84.7 cm³/mol. The quantitative estimate of drug-likeness (QED) is 0.720. The van der Waals surface area contributed by atoms with Crippen molar-refractivity contribution in [1.29, 1.82) is 0 Å². The van der Waals surface area contributed by atoms with Crippen molar-refractivity contribution in [3.8, 4) is 0 Å². The molecule has 2 nitrogen and oxygen atoms in total. The number of benzene rings is 1. The van der Waals surface area contributed by atoms with E-state index >= 15 is 0 Å². The summed E-state index contributed by atoms with van der Waals surface area (Å²) in [6.45, 7) is 3.06. The Balaban J connectivity index is 1.86. The van der Waals surface area contributed by atoms with Gasteiger partial charge in [-0.1, -0.05) is 35.7 Å². The number of fused-ring (bicyclic) bond motifs is 1. The van der Waals surface area contributed by atoms with Crippen molar-refractivity contribution in [1.82, 2.24) is 4.90 Å². The van der Waals surface area contributed by atoms with Gasteiger partial charge in [0.05, 0.1) is 5.56 Å². The minimum Gasteiger partial charge on any atom is -0.335 e. The average molecular weight is 354 g/mol. The van der Waals surface area contributed by atoms with Crippen molar-refractivity contribution in [2.24, 2.45) is 11.8 Å². The molecule has 0 unspecified atom stereocenters. The lowest BCUT2D eigenvalue weighted by Crippen LogP contribution is -2.52. The van der Waals surface area contributed by atoms with Gasteiger partial charge in [-0.3, -0.25) is 4.79 Å². The van der Waals surface area contributed by atoms with Crippen LogP contribution in [0, 0.1) is 17.7 Å². The van der Waals surface area contributed by atoms with Gasteiger partial charge in [-0.25, -0.2) is 4.39 Å². The first kappa shape index (κ1) is 15.0. The van der Waals surface area contributed by atoms with Crippen LogP contribution in [-0.4, -0.2) is 23.4 Å². The van der Waals surface area contributed by atoms with Crippen molar-refractivity contribution in [3.63, 3.8) is 0 Å². The summed E-state index contributed by atoms with van der Waals surface area (Å²) in [5.41, 5.74) is 0.206. The van der Waals surface area contributed by atoms with Crippen LogP contribution in [-0.2, 0) is 0 Å². The third-order valence-electron chi connectivity index (χ3n) is 5.16. The summed E-state index contributed by atoms with van der Waals surface area (Å²) in [5, 5.41) is 0. The van der Waals surface area contributed by atoms with Gasteiger partial charge in [0, 0.05) is 17.1 Å². The molecule has 1 aliphatic carbocycles. The summed E-state index contributed by atoms with van der Waals surface area (Å²) in [7, 11) is 0. The van der Waals surface area contributed by atoms with Gasteiger partial charge in [-0.15, -0.1) is 0 Å². The first-order valence-electron chi connectivity index (χ1n) is 7.84. The summed E-state index contributed by atoms with van der Waals surface area (Å²) in [6, 6.07) is 5.01. The highest BCUT2D eigenvalue weighted by atomic mass is 79.9. The fourth-order valence-electron chi connectivity index (χ4n) is 3.98. The zero-order chi connectivity index (χ0) is 15.0. The molecule has 0 radical (unpaired) electrons. The first-order valence-corrected chi connectivity index (χ1v) is 8.63. The van der Waals surface area contributed by atoms with Crippen LogP contribution in [0.25, 0.3) is 0 Å². The molecule has 1 saturated heterocycles. The number of hydrogen-bond acceptors (Lipinski definition) is 1. The standard InChI is InChI=1S/C17H21BrFNO/c1-11-8-9-20(16-5-3-2-4-13(11)16)17(21)14-7-6-12(18)10-15(14)19/h6-7,10-11,13,16H,2-5,8-9H2,1H3/t11-,13+,16+/m0/s1. The van der Waals surface area contributed by atoms with Gasteiger partial charge in [0.1, 0.15) is 5.82 Å². The van der Waals surface area contributed by atoms with Gasteiger partial charge < -0.3 is 4.90 Å². The number of amides is 1. The highest BCUT2D eigenvalue weighted by Gasteiger charge is 2.39. The van der Waals surface area contributed by atoms with Crippen LogP contribution < -0.4 is 0 Å². The smallest absolute Gasteiger partial charge is 0.257 e. The molecule has 2 aliphatic rings. The summed E-state index contributed by atoms with van der Waals surface area (Å²) >= 11 is 3.24. The third-order valence-corrected chi connectivity index (χ3v) is 5.65. The maximum Gasteiger partial charge on any atom is 0.257 e. The summed E-state index contributed by atoms with van der Waals surface area (Å²) in [4.78, 5) is 14.7. The van der Waals surface area contributed by atoms with E-state index < -0.39 is 5.82 Å². The van der Waals surface area contributed by atoms with Crippen molar-refractivity contribution >= 4 is 21.8 Å². The van der Waals surface area contributed by atoms with E-state index in [9.17, 15) is 9.18 Å². The zero-order valence-corrected chi connectivity index (χ0v) is 13.9. The van der Waals surface area contributed by atoms with Crippen molar-refractivity contribution in [3.05, 3.63) is 34.1 Å². The minimum absolute atomic E-state index is 0.135. The molecule has 0 spiro atoms. The molecule has 21 heavy (non-hydrogen) atoms. The fraction of sp³-hybridized carbons (Fsp3) is 0.588. The molecule has 4 heteroatoms. The molecule has 1 amide bonds. The van der Waals surface area contributed by atoms with Crippen LogP contribution in [0.4, 0.5) is 4.39 Å². The maximum atomic E-state index is 14.1. The lowest BCUT2D eigenvalue weighted by Gasteiger charge is -2.47. The second-order valence-corrected chi connectivity index (χ2v) is 7.32. The number of nitrogens with zero attached hydrogens (tertiary/aromatic N) is 1. The second-order valence-electron chi connectivity index (χ2n) is 6.40. The Labute approximate surface area is 133 Å². The van der Waals surface area contributed by atoms with E-state index in [0.717, 1.165) is 19.4 Å². The second kappa shape index (κ2) is 6.07. The highest BCUT2D eigenvalue weighted by molar-refractivity contribution is 9.10. The van der Waals surface area contributed by atoms with E-state index in [1.807, 2.05) is 4.90 Å². The molecule has 0 N–H and O–H groups in total. The van der Waals surface area contributed by atoms with Crippen LogP contribution >= 0.6 is 15.9 Å². The number of carbonyl (C=O) groups is 1. The Morgan fingerprint density at radius 2 is 2.05 bits per heavy atom. The predicted octanol–water partition coefficient (Wildman–Crippen LogP) is 4.63. The van der Waals surface area contributed by atoms with Crippen LogP contribution in [0.3, 0.4) is 0 Å². The Morgan fingerprint density at radius 1 is 1.29 bits per heavy atom. The lowest BCUT2D eigenvalue weighted by molar-refractivity contribution is 0.0214. The molecule has 2 fully saturated rings. The Morgan fingerprint density at radius 3 is 2.81 bits per heavy atom. The number of halogens is 2. The highest BCUT2D eigenvalue weighted by Crippen LogP contribution is 2.39. The van der Waals surface area contributed by atoms with Gasteiger partial charge in [-0.05, 0) is 49.3 Å². The molecule has 0 bridgehead atoms. The van der Waals surface area contributed by atoms with Crippen molar-refractivity contribution in [2.75, 3.05) is 6.54 Å². The minimum atomic E-state index is -0.430. The molecule has 3 atom stereocenters. The molecular formula is C17H21BrFNO. The van der Waals surface area contributed by atoms with Crippen LogP contribution in [0.1, 0.15) is 49.4 Å². The summed E-state index contributed by atoms with van der Waals surface area (Å²) in [5.74, 6) is 0.702. The van der Waals surface area contributed by atoms with Crippen LogP contribution in [0.5, 0.6) is 0 Å². The van der Waals surface area contributed by atoms with E-state index in [0.29, 0.717) is 22.4 Å². The number of likely N-dealkylation sites (tertiary alicyclic amines) is 1. The van der Waals surface area contributed by atoms with E-state index in [1.165, 1.54) is 25.3 Å². The number of hydrogen-bond donors (Lipinski definition) is 0. The van der Waals surface area contributed by atoms with Gasteiger partial charge in [0.25, 0.3) is 5.91 Å². The Kier molecular flexibility index (Phi) is 4.34.